The number of ether oxygens (including phenoxy) is 1. The fourth-order valence-electron chi connectivity index (χ4n) is 2.39. The zero-order valence-electron chi connectivity index (χ0n) is 12.7. The Bertz CT molecular complexity index is 312. The number of methoxy groups -OCH3 is 1. The Morgan fingerprint density at radius 2 is 2.06 bits per heavy atom. The molecule has 0 amide bonds. The van der Waals surface area contributed by atoms with Crippen molar-refractivity contribution in [2.24, 2.45) is 22.1 Å². The highest BCUT2D eigenvalue weighted by Gasteiger charge is 2.57. The largest absolute Gasteiger partial charge is 0.378 e. The average molecular weight is 255 g/mol. The molecule has 106 valence electrons. The Kier molecular flexibility index (Phi) is 4.65. The molecule has 1 aliphatic rings. The number of hydrogen-bond acceptors (Lipinski definition) is 2. The van der Waals surface area contributed by atoms with Crippen LogP contribution in [0.25, 0.3) is 0 Å². The van der Waals surface area contributed by atoms with E-state index < -0.39 is 0 Å². The molecule has 0 heterocycles. The first kappa shape index (κ1) is 15.3. The third-order valence-electron chi connectivity index (χ3n) is 4.59. The number of guanidine groups is 1. The van der Waals surface area contributed by atoms with Crippen molar-refractivity contribution in [3.05, 3.63) is 0 Å². The summed E-state index contributed by atoms with van der Waals surface area (Å²) in [6.45, 7) is 11.7. The summed E-state index contributed by atoms with van der Waals surface area (Å²) in [6.07, 6.45) is 2.04. The van der Waals surface area contributed by atoms with Gasteiger partial charge >= 0.3 is 0 Å². The lowest BCUT2D eigenvalue weighted by atomic mass is 9.56. The summed E-state index contributed by atoms with van der Waals surface area (Å²) in [4.78, 5) is 4.37. The van der Waals surface area contributed by atoms with Gasteiger partial charge in [-0.3, -0.25) is 4.99 Å². The van der Waals surface area contributed by atoms with Gasteiger partial charge in [-0.1, -0.05) is 27.7 Å². The minimum Gasteiger partial charge on any atom is -0.378 e. The van der Waals surface area contributed by atoms with Crippen LogP contribution in [0.15, 0.2) is 4.99 Å². The molecule has 0 radical (unpaired) electrons. The number of hydrogen-bond donors (Lipinski definition) is 2. The van der Waals surface area contributed by atoms with Crippen molar-refractivity contribution in [3.63, 3.8) is 0 Å². The van der Waals surface area contributed by atoms with Gasteiger partial charge in [-0.15, -0.1) is 0 Å². The van der Waals surface area contributed by atoms with Crippen LogP contribution < -0.4 is 11.1 Å². The summed E-state index contributed by atoms with van der Waals surface area (Å²) in [7, 11) is 1.78. The van der Waals surface area contributed by atoms with Crippen LogP contribution in [0, 0.1) is 11.3 Å². The Labute approximate surface area is 111 Å². The number of aliphatic imine (C=N–C) groups is 1. The van der Waals surface area contributed by atoms with Crippen LogP contribution in [0.1, 0.15) is 47.5 Å². The molecule has 0 aromatic carbocycles. The van der Waals surface area contributed by atoms with Crippen molar-refractivity contribution in [3.8, 4) is 0 Å². The van der Waals surface area contributed by atoms with Crippen LogP contribution in [0.2, 0.25) is 0 Å². The Balaban J connectivity index is 2.46. The van der Waals surface area contributed by atoms with E-state index in [9.17, 15) is 0 Å². The Morgan fingerprint density at radius 3 is 2.50 bits per heavy atom. The molecule has 0 aliphatic heterocycles. The molecule has 1 aliphatic carbocycles. The molecule has 2 atom stereocenters. The van der Waals surface area contributed by atoms with Crippen LogP contribution in [0.3, 0.4) is 0 Å². The average Bonchev–Trinajstić information content (AvgIpc) is 2.27. The lowest BCUT2D eigenvalue weighted by Crippen LogP contribution is -2.69. The summed E-state index contributed by atoms with van der Waals surface area (Å²) < 4.78 is 5.59. The molecule has 2 unspecified atom stereocenters. The third-order valence-corrected chi connectivity index (χ3v) is 4.59. The van der Waals surface area contributed by atoms with Crippen molar-refractivity contribution >= 4 is 5.96 Å². The highest BCUT2D eigenvalue weighted by atomic mass is 16.5. The van der Waals surface area contributed by atoms with Gasteiger partial charge in [0.15, 0.2) is 5.96 Å². The minimum atomic E-state index is -0.0666. The predicted molar refractivity (Wildman–Crippen MR) is 76.7 cm³/mol. The summed E-state index contributed by atoms with van der Waals surface area (Å²) >= 11 is 0. The van der Waals surface area contributed by atoms with E-state index >= 15 is 0 Å². The normalized spacial score (nSPS) is 31.3. The van der Waals surface area contributed by atoms with E-state index in [-0.39, 0.29) is 11.0 Å². The first-order valence-electron chi connectivity index (χ1n) is 6.84. The lowest BCUT2D eigenvalue weighted by Gasteiger charge is -2.59. The van der Waals surface area contributed by atoms with E-state index in [1.807, 2.05) is 0 Å². The van der Waals surface area contributed by atoms with E-state index in [2.05, 4.69) is 44.9 Å². The highest BCUT2D eigenvalue weighted by Crippen LogP contribution is 2.51. The van der Waals surface area contributed by atoms with Crippen molar-refractivity contribution in [1.82, 2.24) is 5.32 Å². The van der Waals surface area contributed by atoms with Gasteiger partial charge in [0.05, 0.1) is 5.60 Å². The first-order valence-corrected chi connectivity index (χ1v) is 6.84. The maximum Gasteiger partial charge on any atom is 0.188 e. The molecule has 18 heavy (non-hydrogen) atoms. The second-order valence-corrected chi connectivity index (χ2v) is 6.51. The van der Waals surface area contributed by atoms with E-state index in [1.165, 1.54) is 0 Å². The number of nitrogens with one attached hydrogen (secondary N) is 1. The molecule has 1 fully saturated rings. The van der Waals surface area contributed by atoms with Gasteiger partial charge in [0, 0.05) is 25.1 Å². The van der Waals surface area contributed by atoms with E-state index in [0.717, 1.165) is 19.4 Å². The zero-order valence-corrected chi connectivity index (χ0v) is 12.7. The Hall–Kier alpha value is -0.770. The molecule has 0 aromatic rings. The lowest BCUT2D eigenvalue weighted by molar-refractivity contribution is -0.176. The fourth-order valence-corrected chi connectivity index (χ4v) is 2.39. The van der Waals surface area contributed by atoms with Gasteiger partial charge in [0.25, 0.3) is 0 Å². The van der Waals surface area contributed by atoms with Crippen LogP contribution in [-0.2, 0) is 4.74 Å². The fraction of sp³-hybridized carbons (Fsp3) is 0.929. The predicted octanol–water partition coefficient (Wildman–Crippen LogP) is 2.14. The molecule has 4 heteroatoms. The maximum atomic E-state index is 5.92. The topological polar surface area (TPSA) is 59.6 Å². The molecular formula is C14H29N3O. The van der Waals surface area contributed by atoms with Crippen molar-refractivity contribution in [2.45, 2.75) is 59.1 Å². The summed E-state index contributed by atoms with van der Waals surface area (Å²) in [5, 5.41) is 3.32. The molecule has 1 saturated carbocycles. The number of nitrogens with zero attached hydrogens (tertiary/aromatic N) is 1. The van der Waals surface area contributed by atoms with Crippen LogP contribution in [-0.4, -0.2) is 31.3 Å². The van der Waals surface area contributed by atoms with Gasteiger partial charge < -0.3 is 15.8 Å². The minimum absolute atomic E-state index is 0.0666. The third kappa shape index (κ3) is 2.97. The molecule has 0 saturated heterocycles. The van der Waals surface area contributed by atoms with Crippen LogP contribution in [0.4, 0.5) is 0 Å². The van der Waals surface area contributed by atoms with Crippen molar-refractivity contribution in [1.29, 1.82) is 0 Å². The smallest absolute Gasteiger partial charge is 0.188 e. The van der Waals surface area contributed by atoms with Crippen LogP contribution in [0.5, 0.6) is 0 Å². The quantitative estimate of drug-likeness (QED) is 0.584. The molecular weight excluding hydrogens is 226 g/mol. The van der Waals surface area contributed by atoms with Gasteiger partial charge in [-0.2, -0.15) is 0 Å². The number of nitrogens with two attached hydrogens (primary N) is 1. The molecule has 3 N–H and O–H groups in total. The van der Waals surface area contributed by atoms with E-state index in [4.69, 9.17) is 10.5 Å². The van der Waals surface area contributed by atoms with E-state index in [0.29, 0.717) is 17.9 Å². The summed E-state index contributed by atoms with van der Waals surface area (Å²) in [5.74, 6) is 1.23. The van der Waals surface area contributed by atoms with E-state index in [1.54, 1.807) is 7.11 Å². The highest BCUT2D eigenvalue weighted by molar-refractivity contribution is 5.78. The summed E-state index contributed by atoms with van der Waals surface area (Å²) in [6, 6.07) is 0.338. The van der Waals surface area contributed by atoms with Gasteiger partial charge in [0.1, 0.15) is 0 Å². The van der Waals surface area contributed by atoms with Gasteiger partial charge in [-0.25, -0.2) is 0 Å². The monoisotopic (exact) mass is 255 g/mol. The molecule has 0 bridgehead atoms. The summed E-state index contributed by atoms with van der Waals surface area (Å²) in [5.41, 5.74) is 5.92. The number of rotatable bonds is 5. The molecule has 4 nitrogen and oxygen atoms in total. The van der Waals surface area contributed by atoms with Gasteiger partial charge in [0.2, 0.25) is 0 Å². The first-order chi connectivity index (χ1) is 8.23. The van der Waals surface area contributed by atoms with Crippen molar-refractivity contribution < 1.29 is 4.74 Å². The molecule has 0 aromatic heterocycles. The SMILES string of the molecule is COC1(C)CC(NC(N)=NCCC(C)C)C1(C)C. The Morgan fingerprint density at radius 1 is 1.44 bits per heavy atom. The molecule has 1 rings (SSSR count). The zero-order chi connectivity index (χ0) is 14.0. The van der Waals surface area contributed by atoms with Crippen LogP contribution >= 0.6 is 0 Å². The second-order valence-electron chi connectivity index (χ2n) is 6.51. The maximum absolute atomic E-state index is 5.92. The van der Waals surface area contributed by atoms with Crippen molar-refractivity contribution in [2.75, 3.05) is 13.7 Å². The standard InChI is InChI=1S/C14H29N3O/c1-10(2)7-8-16-12(15)17-11-9-14(5,18-6)13(11,3)4/h10-11H,7-9H2,1-6H3,(H3,15,16,17). The van der Waals surface area contributed by atoms with Gasteiger partial charge in [-0.05, 0) is 25.7 Å². The second kappa shape index (κ2) is 5.47. The molecule has 0 spiro atoms.